The molecule has 0 radical (unpaired) electrons. The van der Waals surface area contributed by atoms with Crippen LogP contribution in [0.2, 0.25) is 0 Å². The number of carboxylic acids is 1. The normalized spacial score (nSPS) is 11.1. The van der Waals surface area contributed by atoms with Crippen molar-refractivity contribution < 1.29 is 29.6 Å². The fourth-order valence-electron chi connectivity index (χ4n) is 3.22. The summed E-state index contributed by atoms with van der Waals surface area (Å²) in [5.74, 6) is -0.937. The molecule has 0 spiro atoms. The summed E-state index contributed by atoms with van der Waals surface area (Å²) in [6.07, 6.45) is 0. The Bertz CT molecular complexity index is 876. The molecule has 174 valence electrons. The van der Waals surface area contributed by atoms with Crippen molar-refractivity contribution in [1.82, 2.24) is 15.1 Å². The predicted molar refractivity (Wildman–Crippen MR) is 119 cm³/mol. The molecule has 0 aliphatic rings. The van der Waals surface area contributed by atoms with Crippen LogP contribution in [-0.4, -0.2) is 83.4 Å². The molecule has 0 aliphatic carbocycles. The van der Waals surface area contributed by atoms with Crippen molar-refractivity contribution in [3.05, 3.63) is 59.7 Å². The first kappa shape index (κ1) is 25.1. The van der Waals surface area contributed by atoms with Crippen molar-refractivity contribution >= 4 is 11.9 Å². The smallest absolute Gasteiger partial charge is 0.317 e. The van der Waals surface area contributed by atoms with Crippen molar-refractivity contribution in [2.24, 2.45) is 0 Å². The van der Waals surface area contributed by atoms with Crippen molar-refractivity contribution in [1.29, 1.82) is 0 Å². The maximum Gasteiger partial charge on any atom is 0.317 e. The van der Waals surface area contributed by atoms with Crippen LogP contribution in [-0.2, 0) is 27.4 Å². The van der Waals surface area contributed by atoms with E-state index in [2.05, 4.69) is 5.32 Å². The number of benzene rings is 2. The lowest BCUT2D eigenvalue weighted by atomic mass is 10.1. The number of methoxy groups -OCH3 is 1. The van der Waals surface area contributed by atoms with Crippen molar-refractivity contribution in [2.75, 3.05) is 46.4 Å². The number of amides is 1. The van der Waals surface area contributed by atoms with Crippen LogP contribution in [0.1, 0.15) is 11.1 Å². The molecule has 0 heterocycles. The lowest BCUT2D eigenvalue weighted by Crippen LogP contribution is -2.42. The molecular weight excluding hydrogens is 414 g/mol. The number of nitrogens with one attached hydrogen (secondary N) is 1. The second kappa shape index (κ2) is 13.3. The van der Waals surface area contributed by atoms with E-state index in [4.69, 9.17) is 4.74 Å². The Labute approximate surface area is 187 Å². The Morgan fingerprint density at radius 2 is 1.38 bits per heavy atom. The van der Waals surface area contributed by atoms with Gasteiger partial charge in [0.15, 0.2) is 0 Å². The zero-order chi connectivity index (χ0) is 23.3. The molecular formula is C23H31N3O6. The summed E-state index contributed by atoms with van der Waals surface area (Å²) in [5, 5.41) is 32.3. The van der Waals surface area contributed by atoms with Gasteiger partial charge in [0.25, 0.3) is 0 Å². The zero-order valence-electron chi connectivity index (χ0n) is 18.2. The van der Waals surface area contributed by atoms with E-state index in [-0.39, 0.29) is 37.0 Å². The number of carboxylic acid groups (broad SMARTS) is 1. The number of carbonyl (C=O) groups is 2. The second-order valence-corrected chi connectivity index (χ2v) is 7.42. The molecule has 32 heavy (non-hydrogen) atoms. The molecule has 0 atom stereocenters. The molecule has 0 aromatic heterocycles. The minimum absolute atomic E-state index is 0.0789. The molecule has 2 aromatic rings. The highest BCUT2D eigenvalue weighted by Gasteiger charge is 2.17. The minimum atomic E-state index is -0.981. The molecule has 0 fully saturated rings. The number of hydrogen-bond acceptors (Lipinski definition) is 7. The number of aromatic hydroxyl groups is 2. The van der Waals surface area contributed by atoms with Crippen LogP contribution in [0.15, 0.2) is 48.5 Å². The Balaban J connectivity index is 2.08. The number of para-hydroxylation sites is 2. The lowest BCUT2D eigenvalue weighted by Gasteiger charge is -2.27. The van der Waals surface area contributed by atoms with E-state index in [1.54, 1.807) is 60.5 Å². The lowest BCUT2D eigenvalue weighted by molar-refractivity contribution is -0.138. The van der Waals surface area contributed by atoms with Crippen LogP contribution in [0.25, 0.3) is 0 Å². The van der Waals surface area contributed by atoms with Gasteiger partial charge >= 0.3 is 5.97 Å². The first-order valence-corrected chi connectivity index (χ1v) is 10.3. The maximum absolute atomic E-state index is 12.3. The Hall–Kier alpha value is -3.14. The van der Waals surface area contributed by atoms with E-state index in [9.17, 15) is 24.9 Å². The second-order valence-electron chi connectivity index (χ2n) is 7.42. The molecule has 9 nitrogen and oxygen atoms in total. The summed E-state index contributed by atoms with van der Waals surface area (Å²) in [4.78, 5) is 27.2. The number of rotatable bonds is 14. The van der Waals surface area contributed by atoms with E-state index >= 15 is 0 Å². The number of hydrogen-bond donors (Lipinski definition) is 4. The molecule has 9 heteroatoms. The highest BCUT2D eigenvalue weighted by molar-refractivity contribution is 5.78. The van der Waals surface area contributed by atoms with Crippen LogP contribution in [0.3, 0.4) is 0 Å². The molecule has 1 amide bonds. The molecule has 2 aromatic carbocycles. The molecule has 0 unspecified atom stereocenters. The SMILES string of the molecule is COCCNC(=O)CN(CCN(CC(=O)O)Cc1ccccc1O)Cc1ccccc1O. The third-order valence-electron chi connectivity index (χ3n) is 4.86. The fraction of sp³-hybridized carbons (Fsp3) is 0.391. The van der Waals surface area contributed by atoms with Crippen LogP contribution in [0.4, 0.5) is 0 Å². The van der Waals surface area contributed by atoms with Gasteiger partial charge in [-0.3, -0.25) is 19.4 Å². The fourth-order valence-corrected chi connectivity index (χ4v) is 3.22. The monoisotopic (exact) mass is 445 g/mol. The summed E-state index contributed by atoms with van der Waals surface area (Å²) in [5.41, 5.74) is 1.29. The Morgan fingerprint density at radius 3 is 1.84 bits per heavy atom. The van der Waals surface area contributed by atoms with Crippen LogP contribution < -0.4 is 5.32 Å². The van der Waals surface area contributed by atoms with Crippen molar-refractivity contribution in [3.63, 3.8) is 0 Å². The van der Waals surface area contributed by atoms with Gasteiger partial charge in [0, 0.05) is 51.0 Å². The summed E-state index contributed by atoms with van der Waals surface area (Å²) < 4.78 is 4.95. The molecule has 4 N–H and O–H groups in total. The van der Waals surface area contributed by atoms with Crippen molar-refractivity contribution in [2.45, 2.75) is 13.1 Å². The minimum Gasteiger partial charge on any atom is -0.508 e. The van der Waals surface area contributed by atoms with Gasteiger partial charge in [-0.1, -0.05) is 36.4 Å². The predicted octanol–water partition coefficient (Wildman–Crippen LogP) is 1.25. The number of phenolic OH excluding ortho intramolecular Hbond substituents is 2. The summed E-state index contributed by atoms with van der Waals surface area (Å²) in [7, 11) is 1.55. The van der Waals surface area contributed by atoms with Gasteiger partial charge in [0.05, 0.1) is 19.7 Å². The number of ether oxygens (including phenoxy) is 1. The van der Waals surface area contributed by atoms with Crippen molar-refractivity contribution in [3.8, 4) is 11.5 Å². The van der Waals surface area contributed by atoms with E-state index in [1.165, 1.54) is 0 Å². The van der Waals surface area contributed by atoms with Gasteiger partial charge in [0.2, 0.25) is 5.91 Å². The molecule has 0 aliphatic heterocycles. The zero-order valence-corrected chi connectivity index (χ0v) is 18.2. The first-order valence-electron chi connectivity index (χ1n) is 10.3. The average Bonchev–Trinajstić information content (AvgIpc) is 2.75. The molecule has 0 saturated heterocycles. The van der Waals surface area contributed by atoms with Gasteiger partial charge in [-0.15, -0.1) is 0 Å². The number of carbonyl (C=O) groups excluding carboxylic acids is 1. The van der Waals surface area contributed by atoms with Gasteiger partial charge < -0.3 is 25.4 Å². The molecule has 2 rings (SSSR count). The van der Waals surface area contributed by atoms with Gasteiger partial charge in [-0.05, 0) is 12.1 Å². The molecule has 0 bridgehead atoms. The third kappa shape index (κ3) is 8.93. The Kier molecular flexibility index (Phi) is 10.5. The van der Waals surface area contributed by atoms with E-state index in [1.807, 2.05) is 4.90 Å². The largest absolute Gasteiger partial charge is 0.508 e. The van der Waals surface area contributed by atoms with E-state index < -0.39 is 5.97 Å². The quantitative estimate of drug-likeness (QED) is 0.321. The molecule has 0 saturated carbocycles. The average molecular weight is 446 g/mol. The van der Waals surface area contributed by atoms with Gasteiger partial charge in [-0.2, -0.15) is 0 Å². The van der Waals surface area contributed by atoms with Gasteiger partial charge in [-0.25, -0.2) is 0 Å². The first-order chi connectivity index (χ1) is 15.4. The summed E-state index contributed by atoms with van der Waals surface area (Å²) >= 11 is 0. The maximum atomic E-state index is 12.3. The van der Waals surface area contributed by atoms with E-state index in [0.29, 0.717) is 43.9 Å². The van der Waals surface area contributed by atoms with Crippen LogP contribution in [0.5, 0.6) is 11.5 Å². The standard InChI is InChI=1S/C23H31N3O6/c1-32-13-10-24-22(29)16-25(14-18-6-2-4-8-20(18)27)11-12-26(17-23(30)31)15-19-7-3-5-9-21(19)28/h2-9,27-28H,10-17H2,1H3,(H,24,29)(H,30,31). The van der Waals surface area contributed by atoms with E-state index in [0.717, 1.165) is 0 Å². The number of aliphatic carboxylic acids is 1. The summed E-state index contributed by atoms with van der Waals surface area (Å²) in [6, 6.07) is 13.7. The summed E-state index contributed by atoms with van der Waals surface area (Å²) in [6.45, 7) is 1.96. The Morgan fingerprint density at radius 1 is 0.875 bits per heavy atom. The highest BCUT2D eigenvalue weighted by Crippen LogP contribution is 2.19. The topological polar surface area (TPSA) is 123 Å². The van der Waals surface area contributed by atoms with Crippen LogP contribution in [0, 0.1) is 0 Å². The third-order valence-corrected chi connectivity index (χ3v) is 4.86. The van der Waals surface area contributed by atoms with Gasteiger partial charge in [0.1, 0.15) is 11.5 Å². The highest BCUT2D eigenvalue weighted by atomic mass is 16.5. The van der Waals surface area contributed by atoms with Crippen LogP contribution >= 0.6 is 0 Å². The number of nitrogens with zero attached hydrogens (tertiary/aromatic N) is 2. The number of phenols is 2.